The van der Waals surface area contributed by atoms with Gasteiger partial charge in [0.25, 0.3) is 5.56 Å². The van der Waals surface area contributed by atoms with E-state index in [2.05, 4.69) is 16.0 Å². The van der Waals surface area contributed by atoms with Gasteiger partial charge >= 0.3 is 19.4 Å². The molecule has 12 heteroatoms. The molecule has 0 spiro atoms. The van der Waals surface area contributed by atoms with Crippen LogP contribution in [0.2, 0.25) is 0 Å². The summed E-state index contributed by atoms with van der Waals surface area (Å²) in [5.41, 5.74) is -2.52. The van der Waals surface area contributed by atoms with Gasteiger partial charge in [0, 0.05) is 17.1 Å². The lowest BCUT2D eigenvalue weighted by Crippen LogP contribution is -2.38. The van der Waals surface area contributed by atoms with E-state index in [1.54, 1.807) is 24.3 Å². The number of aliphatic carboxylic acids is 1. The maximum Gasteiger partial charge on any atom is 0.459 e. The van der Waals surface area contributed by atoms with Crippen LogP contribution in [0.5, 0.6) is 5.75 Å². The summed E-state index contributed by atoms with van der Waals surface area (Å²) in [6.07, 6.45) is 9.00. The zero-order chi connectivity index (χ0) is 26.8. The smallest absolute Gasteiger partial charge is 0.459 e. The third-order valence-electron chi connectivity index (χ3n) is 5.66. The van der Waals surface area contributed by atoms with Gasteiger partial charge < -0.3 is 14.4 Å². The number of hydrogen-bond acceptors (Lipinski definition) is 7. The molecule has 1 aliphatic heterocycles. The first-order valence-corrected chi connectivity index (χ1v) is 12.7. The lowest BCUT2D eigenvalue weighted by atomic mass is 10.1. The van der Waals surface area contributed by atoms with Gasteiger partial charge in [0.1, 0.15) is 18.4 Å². The number of nitrogens with zero attached hydrogens (tertiary/aromatic N) is 1. The second kappa shape index (κ2) is 10.2. The molecule has 0 saturated carbocycles. The number of benzene rings is 2. The Morgan fingerprint density at radius 1 is 1.32 bits per heavy atom. The molecule has 3 N–H and O–H groups in total. The Kier molecular flexibility index (Phi) is 7.21. The largest absolute Gasteiger partial charge is 0.480 e. The van der Waals surface area contributed by atoms with Crippen LogP contribution in [0.15, 0.2) is 70.4 Å². The van der Waals surface area contributed by atoms with Crippen LogP contribution in [-0.4, -0.2) is 38.9 Å². The minimum atomic E-state index is -4.34. The molecule has 3 aromatic rings. The highest BCUT2D eigenvalue weighted by molar-refractivity contribution is 7.52. The number of carboxylic acid groups (broad SMARTS) is 1. The number of H-pyrrole nitrogens is 1. The zero-order valence-corrected chi connectivity index (χ0v) is 20.8. The molecule has 11 nitrogen and oxygen atoms in total. The predicted octanol–water partition coefficient (Wildman–Crippen LogP) is 2.72. The van der Waals surface area contributed by atoms with E-state index in [4.69, 9.17) is 20.2 Å². The number of hydrogen-bond donors (Lipinski definition) is 3. The van der Waals surface area contributed by atoms with Crippen LogP contribution >= 0.6 is 7.75 Å². The molecule has 4 atom stereocenters. The summed E-state index contributed by atoms with van der Waals surface area (Å²) in [6, 6.07) is 11.0. The fourth-order valence-electron chi connectivity index (χ4n) is 3.63. The van der Waals surface area contributed by atoms with Crippen molar-refractivity contribution in [1.29, 1.82) is 0 Å². The second-order valence-electron chi connectivity index (χ2n) is 8.41. The molecule has 1 aliphatic rings. The van der Waals surface area contributed by atoms with Crippen molar-refractivity contribution in [1.82, 2.24) is 14.6 Å². The van der Waals surface area contributed by atoms with Gasteiger partial charge in [-0.2, -0.15) is 5.09 Å². The molecule has 0 saturated heterocycles. The second-order valence-corrected chi connectivity index (χ2v) is 10.1. The van der Waals surface area contributed by atoms with Crippen LogP contribution in [-0.2, 0) is 18.6 Å². The lowest BCUT2D eigenvalue weighted by molar-refractivity contribution is -0.138. The van der Waals surface area contributed by atoms with Crippen molar-refractivity contribution < 1.29 is 28.3 Å². The van der Waals surface area contributed by atoms with Crippen LogP contribution in [0.1, 0.15) is 18.7 Å². The zero-order valence-electron chi connectivity index (χ0n) is 19.9. The highest BCUT2D eigenvalue weighted by Gasteiger charge is 2.40. The summed E-state index contributed by atoms with van der Waals surface area (Å²) in [5, 5.41) is 13.2. The van der Waals surface area contributed by atoms with Gasteiger partial charge in [-0.25, -0.2) is 9.36 Å². The first-order valence-electron chi connectivity index (χ1n) is 11.1. The van der Waals surface area contributed by atoms with Gasteiger partial charge in [0.15, 0.2) is 11.8 Å². The Morgan fingerprint density at radius 3 is 2.78 bits per heavy atom. The van der Waals surface area contributed by atoms with E-state index in [1.807, 2.05) is 18.2 Å². The molecule has 0 fully saturated rings. The van der Waals surface area contributed by atoms with Gasteiger partial charge in [-0.3, -0.25) is 23.7 Å². The molecule has 2 heterocycles. The normalized spacial score (nSPS) is 21.3. The maximum atomic E-state index is 13.8. The average Bonchev–Trinajstić information content (AvgIpc) is 3.30. The maximum absolute atomic E-state index is 13.8. The number of aromatic amines is 1. The number of terminal acetylenes is 1. The Bertz CT molecular complexity index is 1580. The quantitative estimate of drug-likeness (QED) is 0.218. The van der Waals surface area contributed by atoms with E-state index in [-0.39, 0.29) is 11.3 Å². The summed E-state index contributed by atoms with van der Waals surface area (Å²) in [5.74, 6) is 1.35. The van der Waals surface area contributed by atoms with Crippen LogP contribution in [0.4, 0.5) is 0 Å². The van der Waals surface area contributed by atoms with Crippen molar-refractivity contribution in [3.05, 3.63) is 87.2 Å². The predicted molar refractivity (Wildman–Crippen MR) is 135 cm³/mol. The van der Waals surface area contributed by atoms with E-state index in [0.717, 1.165) is 9.95 Å². The molecule has 192 valence electrons. The Balaban J connectivity index is 1.60. The molecule has 0 amide bonds. The van der Waals surface area contributed by atoms with Crippen molar-refractivity contribution in [3.8, 4) is 18.1 Å². The molecular formula is C25H24N3O8P. The topological polar surface area (TPSA) is 149 Å². The average molecular weight is 525 g/mol. The SMILES string of the molecule is C#C[C@@]1(CO[P@](=O)(N[C@@H](C)C(=O)O)Oc2cccc3ccccc23)C=C[C@H](n2cc(C)c(=O)[nH]c2=O)O1. The molecule has 0 bridgehead atoms. The van der Waals surface area contributed by atoms with Crippen molar-refractivity contribution >= 4 is 24.5 Å². The first-order chi connectivity index (χ1) is 17.5. The van der Waals surface area contributed by atoms with Crippen molar-refractivity contribution in [3.63, 3.8) is 0 Å². The number of fused-ring (bicyclic) bond motifs is 1. The van der Waals surface area contributed by atoms with Crippen molar-refractivity contribution in [2.45, 2.75) is 31.7 Å². The molecule has 0 aliphatic carbocycles. The molecule has 1 aromatic heterocycles. The fourth-order valence-corrected chi connectivity index (χ4v) is 5.18. The number of carboxylic acids is 1. The number of nitrogens with one attached hydrogen (secondary N) is 2. The van der Waals surface area contributed by atoms with Crippen LogP contribution in [0.3, 0.4) is 0 Å². The summed E-state index contributed by atoms with van der Waals surface area (Å²) >= 11 is 0. The Morgan fingerprint density at radius 2 is 2.05 bits per heavy atom. The monoisotopic (exact) mass is 525 g/mol. The molecule has 0 radical (unpaired) electrons. The van der Waals surface area contributed by atoms with E-state index < -0.39 is 49.4 Å². The Hall–Kier alpha value is -3.94. The summed E-state index contributed by atoms with van der Waals surface area (Å²) < 4.78 is 32.2. The van der Waals surface area contributed by atoms with Gasteiger partial charge in [-0.05, 0) is 37.5 Å². The van der Waals surface area contributed by atoms with Gasteiger partial charge in [-0.1, -0.05) is 42.3 Å². The van der Waals surface area contributed by atoms with Crippen molar-refractivity contribution in [2.24, 2.45) is 0 Å². The van der Waals surface area contributed by atoms with Gasteiger partial charge in [-0.15, -0.1) is 6.42 Å². The fraction of sp³-hybridized carbons (Fsp3) is 0.240. The first kappa shape index (κ1) is 26.1. The number of ether oxygens (including phenoxy) is 1. The van der Waals surface area contributed by atoms with Crippen LogP contribution in [0.25, 0.3) is 10.8 Å². The lowest BCUT2D eigenvalue weighted by Gasteiger charge is -2.28. The standard InChI is InChI=1S/C25H24N3O8P/c1-4-25(13-12-21(35-25)28-14-16(2)22(29)26-24(28)32)15-34-37(33,27-17(3)23(30)31)36-20-11-7-9-18-8-5-6-10-19(18)20/h1,5-14,17,21H,15H2,2-3H3,(H,27,33)(H,30,31)(H,26,29,32)/t17-,21+,25-,37+/m0/s1. The minimum Gasteiger partial charge on any atom is -0.480 e. The number of carbonyl (C=O) groups is 1. The van der Waals surface area contributed by atoms with E-state index in [0.29, 0.717) is 5.39 Å². The van der Waals surface area contributed by atoms with Crippen LogP contribution in [0, 0.1) is 19.3 Å². The minimum absolute atomic E-state index is 0.206. The number of rotatable bonds is 9. The molecule has 37 heavy (non-hydrogen) atoms. The summed E-state index contributed by atoms with van der Waals surface area (Å²) in [6.45, 7) is 2.31. The summed E-state index contributed by atoms with van der Waals surface area (Å²) in [7, 11) is -4.34. The highest BCUT2D eigenvalue weighted by Crippen LogP contribution is 2.48. The number of aryl methyl sites for hydroxylation is 1. The third kappa shape index (κ3) is 5.58. The van der Waals surface area contributed by atoms with Gasteiger partial charge in [0.2, 0.25) is 0 Å². The highest BCUT2D eigenvalue weighted by atomic mass is 31.2. The third-order valence-corrected chi connectivity index (χ3v) is 7.27. The molecular weight excluding hydrogens is 501 g/mol. The Labute approximate surface area is 211 Å². The molecule has 0 unspecified atom stereocenters. The van der Waals surface area contributed by atoms with E-state index in [1.165, 1.54) is 32.2 Å². The summed E-state index contributed by atoms with van der Waals surface area (Å²) in [4.78, 5) is 37.6. The number of aromatic nitrogens is 2. The van der Waals surface area contributed by atoms with E-state index in [9.17, 15) is 24.1 Å². The molecule has 2 aromatic carbocycles. The van der Waals surface area contributed by atoms with Crippen molar-refractivity contribution in [2.75, 3.05) is 6.61 Å². The van der Waals surface area contributed by atoms with Crippen LogP contribution < -0.4 is 20.9 Å². The van der Waals surface area contributed by atoms with Gasteiger partial charge in [0.05, 0.1) is 0 Å². The molecule has 4 rings (SSSR count). The van der Waals surface area contributed by atoms with E-state index >= 15 is 0 Å².